The van der Waals surface area contributed by atoms with Gasteiger partial charge in [0.05, 0.1) is 7.11 Å². The second kappa shape index (κ2) is 5.08. The van der Waals surface area contributed by atoms with Crippen LogP contribution in [0.15, 0.2) is 34.7 Å². The molecular weight excluding hydrogens is 228 g/mol. The molecule has 0 N–H and O–H groups in total. The number of methoxy groups -OCH3 is 1. The Morgan fingerprint density at radius 1 is 1.22 bits per heavy atom. The van der Waals surface area contributed by atoms with Gasteiger partial charge in [-0.2, -0.15) is 0 Å². The van der Waals surface area contributed by atoms with Gasteiger partial charge in [0.1, 0.15) is 5.76 Å². The lowest BCUT2D eigenvalue weighted by Gasteiger charge is -2.05. The van der Waals surface area contributed by atoms with Gasteiger partial charge in [-0.05, 0) is 37.1 Å². The summed E-state index contributed by atoms with van der Waals surface area (Å²) in [5.74, 6) is 0.573. The molecule has 0 aliphatic heterocycles. The number of esters is 1. The summed E-state index contributed by atoms with van der Waals surface area (Å²) in [4.78, 5) is 11.3. The summed E-state index contributed by atoms with van der Waals surface area (Å²) in [6.07, 6.45) is 0.685. The molecule has 0 bridgehead atoms. The zero-order valence-electron chi connectivity index (χ0n) is 10.8. The zero-order valence-corrected chi connectivity index (χ0v) is 10.8. The first-order chi connectivity index (χ1) is 8.60. The summed E-state index contributed by atoms with van der Waals surface area (Å²) in [6, 6.07) is 9.77. The zero-order chi connectivity index (χ0) is 13.1. The summed E-state index contributed by atoms with van der Waals surface area (Å²) >= 11 is 0. The average molecular weight is 244 g/mol. The van der Waals surface area contributed by atoms with Crippen LogP contribution in [0.2, 0.25) is 0 Å². The van der Waals surface area contributed by atoms with E-state index in [1.54, 1.807) is 6.07 Å². The molecule has 3 nitrogen and oxygen atoms in total. The van der Waals surface area contributed by atoms with Crippen molar-refractivity contribution in [3.63, 3.8) is 0 Å². The van der Waals surface area contributed by atoms with E-state index in [1.165, 1.54) is 23.8 Å². The minimum absolute atomic E-state index is 0.248. The highest BCUT2D eigenvalue weighted by atomic mass is 16.5. The molecule has 0 unspecified atom stereocenters. The van der Waals surface area contributed by atoms with Crippen LogP contribution in [0.5, 0.6) is 0 Å². The van der Waals surface area contributed by atoms with Crippen LogP contribution in [0.4, 0.5) is 0 Å². The maximum atomic E-state index is 11.3. The standard InChI is InChI=1S/C15H16O3/c1-10-4-5-11(2)12(8-10)9-13-6-7-14(18-13)15(16)17-3/h4-8H,9H2,1-3H3. The molecule has 0 atom stereocenters. The van der Waals surface area contributed by atoms with Gasteiger partial charge in [-0.15, -0.1) is 0 Å². The number of hydrogen-bond acceptors (Lipinski definition) is 3. The van der Waals surface area contributed by atoms with Gasteiger partial charge in [0.2, 0.25) is 5.76 Å². The number of carbonyl (C=O) groups is 1. The number of rotatable bonds is 3. The number of carbonyl (C=O) groups excluding carboxylic acids is 1. The number of ether oxygens (including phenoxy) is 1. The third-order valence-electron chi connectivity index (χ3n) is 2.92. The molecule has 2 rings (SSSR count). The first-order valence-electron chi connectivity index (χ1n) is 5.83. The molecule has 0 spiro atoms. The second-order valence-corrected chi connectivity index (χ2v) is 4.36. The number of hydrogen-bond donors (Lipinski definition) is 0. The second-order valence-electron chi connectivity index (χ2n) is 4.36. The van der Waals surface area contributed by atoms with Crippen molar-refractivity contribution >= 4 is 5.97 Å². The highest BCUT2D eigenvalue weighted by Crippen LogP contribution is 2.18. The van der Waals surface area contributed by atoms with Gasteiger partial charge in [0.25, 0.3) is 0 Å². The van der Waals surface area contributed by atoms with Crippen molar-refractivity contribution in [2.45, 2.75) is 20.3 Å². The molecule has 1 aromatic heterocycles. The van der Waals surface area contributed by atoms with E-state index in [1.807, 2.05) is 6.07 Å². The molecule has 0 aliphatic rings. The number of furan rings is 1. The van der Waals surface area contributed by atoms with Crippen LogP contribution in [-0.4, -0.2) is 13.1 Å². The molecule has 94 valence electrons. The van der Waals surface area contributed by atoms with Crippen molar-refractivity contribution < 1.29 is 13.9 Å². The van der Waals surface area contributed by atoms with E-state index >= 15 is 0 Å². The highest BCUT2D eigenvalue weighted by molar-refractivity contribution is 5.86. The van der Waals surface area contributed by atoms with Crippen LogP contribution in [0.3, 0.4) is 0 Å². The Labute approximate surface area is 106 Å². The molecule has 0 saturated heterocycles. The predicted octanol–water partition coefficient (Wildman–Crippen LogP) is 3.27. The monoisotopic (exact) mass is 244 g/mol. The summed E-state index contributed by atoms with van der Waals surface area (Å²) in [5, 5.41) is 0. The van der Waals surface area contributed by atoms with Gasteiger partial charge >= 0.3 is 5.97 Å². The Morgan fingerprint density at radius 2 is 2.00 bits per heavy atom. The average Bonchev–Trinajstić information content (AvgIpc) is 2.81. The molecule has 0 amide bonds. The van der Waals surface area contributed by atoms with Crippen molar-refractivity contribution in [3.05, 3.63) is 58.5 Å². The molecule has 2 aromatic rings. The Bertz CT molecular complexity index is 567. The quantitative estimate of drug-likeness (QED) is 0.778. The van der Waals surface area contributed by atoms with Crippen LogP contribution in [0.1, 0.15) is 33.0 Å². The van der Waals surface area contributed by atoms with Gasteiger partial charge in [-0.3, -0.25) is 0 Å². The minimum Gasteiger partial charge on any atom is -0.463 e. The molecular formula is C15H16O3. The highest BCUT2D eigenvalue weighted by Gasteiger charge is 2.11. The lowest BCUT2D eigenvalue weighted by molar-refractivity contribution is 0.0563. The van der Waals surface area contributed by atoms with Gasteiger partial charge < -0.3 is 9.15 Å². The lowest BCUT2D eigenvalue weighted by atomic mass is 10.0. The van der Waals surface area contributed by atoms with E-state index in [9.17, 15) is 4.79 Å². The van der Waals surface area contributed by atoms with Gasteiger partial charge in [-0.25, -0.2) is 4.79 Å². The van der Waals surface area contributed by atoms with Gasteiger partial charge in [-0.1, -0.05) is 23.8 Å². The van der Waals surface area contributed by atoms with E-state index in [0.29, 0.717) is 6.42 Å². The molecule has 1 aromatic carbocycles. The summed E-state index contributed by atoms with van der Waals surface area (Å²) in [6.45, 7) is 4.13. The Morgan fingerprint density at radius 3 is 2.72 bits per heavy atom. The third-order valence-corrected chi connectivity index (χ3v) is 2.92. The number of aryl methyl sites for hydroxylation is 2. The molecule has 0 fully saturated rings. The van der Waals surface area contributed by atoms with E-state index in [4.69, 9.17) is 4.42 Å². The van der Waals surface area contributed by atoms with E-state index in [-0.39, 0.29) is 5.76 Å². The molecule has 3 heteroatoms. The summed E-state index contributed by atoms with van der Waals surface area (Å²) < 4.78 is 10.1. The van der Waals surface area contributed by atoms with Crippen molar-refractivity contribution in [2.75, 3.05) is 7.11 Å². The molecule has 0 aliphatic carbocycles. The SMILES string of the molecule is COC(=O)c1ccc(Cc2cc(C)ccc2C)o1. The maximum Gasteiger partial charge on any atom is 0.373 e. The normalized spacial score (nSPS) is 10.4. The van der Waals surface area contributed by atoms with Crippen LogP contribution < -0.4 is 0 Å². The van der Waals surface area contributed by atoms with E-state index in [2.05, 4.69) is 36.8 Å². The molecule has 0 radical (unpaired) electrons. The topological polar surface area (TPSA) is 39.4 Å². The van der Waals surface area contributed by atoms with E-state index in [0.717, 1.165) is 5.76 Å². The van der Waals surface area contributed by atoms with Crippen molar-refractivity contribution in [1.29, 1.82) is 0 Å². The number of benzene rings is 1. The predicted molar refractivity (Wildman–Crippen MR) is 68.8 cm³/mol. The van der Waals surface area contributed by atoms with Crippen LogP contribution in [0, 0.1) is 13.8 Å². The Kier molecular flexibility index (Phi) is 3.51. The summed E-state index contributed by atoms with van der Waals surface area (Å²) in [7, 11) is 1.34. The van der Waals surface area contributed by atoms with Gasteiger partial charge in [0.15, 0.2) is 0 Å². The largest absolute Gasteiger partial charge is 0.463 e. The molecule has 1 heterocycles. The minimum atomic E-state index is -0.442. The van der Waals surface area contributed by atoms with Crippen LogP contribution in [-0.2, 0) is 11.2 Å². The Hall–Kier alpha value is -2.03. The third kappa shape index (κ3) is 2.62. The van der Waals surface area contributed by atoms with Crippen molar-refractivity contribution in [2.24, 2.45) is 0 Å². The summed E-state index contributed by atoms with van der Waals surface area (Å²) in [5.41, 5.74) is 3.65. The van der Waals surface area contributed by atoms with E-state index < -0.39 is 5.97 Å². The first-order valence-corrected chi connectivity index (χ1v) is 5.83. The smallest absolute Gasteiger partial charge is 0.373 e. The van der Waals surface area contributed by atoms with Crippen LogP contribution >= 0.6 is 0 Å². The maximum absolute atomic E-state index is 11.3. The molecule has 0 saturated carbocycles. The van der Waals surface area contributed by atoms with Crippen molar-refractivity contribution in [1.82, 2.24) is 0 Å². The van der Waals surface area contributed by atoms with Gasteiger partial charge in [0, 0.05) is 6.42 Å². The molecule has 18 heavy (non-hydrogen) atoms. The fourth-order valence-electron chi connectivity index (χ4n) is 1.86. The fraction of sp³-hybridized carbons (Fsp3) is 0.267. The Balaban J connectivity index is 2.21. The lowest BCUT2D eigenvalue weighted by Crippen LogP contribution is -1.98. The first kappa shape index (κ1) is 12.4. The van der Waals surface area contributed by atoms with Crippen molar-refractivity contribution in [3.8, 4) is 0 Å². The van der Waals surface area contributed by atoms with Crippen LogP contribution in [0.25, 0.3) is 0 Å². The fourth-order valence-corrected chi connectivity index (χ4v) is 1.86.